The van der Waals surface area contributed by atoms with Crippen molar-refractivity contribution in [3.63, 3.8) is 0 Å². The van der Waals surface area contributed by atoms with E-state index in [1.54, 1.807) is 30.3 Å². The Bertz CT molecular complexity index is 1590. The van der Waals surface area contributed by atoms with E-state index in [2.05, 4.69) is 0 Å². The molecule has 0 saturated carbocycles. The van der Waals surface area contributed by atoms with Gasteiger partial charge in [-0.25, -0.2) is 8.42 Å². The van der Waals surface area contributed by atoms with Gasteiger partial charge in [0.2, 0.25) is 11.5 Å². The van der Waals surface area contributed by atoms with E-state index in [1.165, 1.54) is 0 Å². The van der Waals surface area contributed by atoms with Crippen molar-refractivity contribution in [1.29, 1.82) is 0 Å². The van der Waals surface area contributed by atoms with Crippen molar-refractivity contribution in [2.45, 2.75) is 45.6 Å². The number of halogens is 2. The lowest BCUT2D eigenvalue weighted by molar-refractivity contribution is -0.678. The maximum Gasteiger partial charge on any atom is 0.374 e. The van der Waals surface area contributed by atoms with Gasteiger partial charge < -0.3 is 18.6 Å². The summed E-state index contributed by atoms with van der Waals surface area (Å²) in [6.07, 6.45) is 6.37. The van der Waals surface area contributed by atoms with Gasteiger partial charge in [0.1, 0.15) is 0 Å². The molecular weight excluding hydrogens is 615 g/mol. The van der Waals surface area contributed by atoms with E-state index < -0.39 is 27.2 Å². The number of fused-ring (bicyclic) bond motifs is 2. The van der Waals surface area contributed by atoms with Crippen LogP contribution >= 0.6 is 23.2 Å². The van der Waals surface area contributed by atoms with Gasteiger partial charge in [0.15, 0.2) is 12.3 Å². The summed E-state index contributed by atoms with van der Waals surface area (Å²) in [5, 5.41) is 1.10. The molecule has 2 heterocycles. The quantitative estimate of drug-likeness (QED) is 0.0997. The Morgan fingerprint density at radius 3 is 2.63 bits per heavy atom. The summed E-state index contributed by atoms with van der Waals surface area (Å²) in [6.45, 7) is 3.14. The van der Waals surface area contributed by atoms with E-state index in [4.69, 9.17) is 41.1 Å². The zero-order valence-electron chi connectivity index (χ0n) is 22.3. The molecule has 0 fully saturated rings. The Morgan fingerprint density at radius 1 is 1.15 bits per heavy atom. The lowest BCUT2D eigenvalue weighted by Gasteiger charge is -2.19. The SMILES string of the molecule is CCC(=Cc1oc2ccc(Cl)cc2[n+]1CCCCOS(=O)O)C=C1Oc2ccc(Cl)cc2N1CCCCS(=O)(=O)[O-]. The fraction of sp³-hybridized carbons (Fsp3) is 0.370. The molecule has 1 unspecified atom stereocenters. The molecule has 1 aromatic heterocycles. The largest absolute Gasteiger partial charge is 0.748 e. The summed E-state index contributed by atoms with van der Waals surface area (Å²) < 4.78 is 71.8. The van der Waals surface area contributed by atoms with Crippen molar-refractivity contribution in [2.75, 3.05) is 23.8 Å². The molecule has 0 saturated heterocycles. The van der Waals surface area contributed by atoms with Crippen LogP contribution in [0, 0.1) is 0 Å². The minimum Gasteiger partial charge on any atom is -0.748 e. The predicted molar refractivity (Wildman–Crippen MR) is 157 cm³/mol. The molecule has 1 aliphatic heterocycles. The number of unbranched alkanes of at least 4 members (excludes halogenated alkanes) is 2. The Labute approximate surface area is 251 Å². The third kappa shape index (κ3) is 8.77. The van der Waals surface area contributed by atoms with Crippen molar-refractivity contribution in [1.82, 2.24) is 0 Å². The fourth-order valence-electron chi connectivity index (χ4n) is 4.44. The minimum absolute atomic E-state index is 0.149. The van der Waals surface area contributed by atoms with Gasteiger partial charge in [0, 0.05) is 40.9 Å². The molecule has 0 amide bonds. The van der Waals surface area contributed by atoms with Crippen molar-refractivity contribution in [3.8, 4) is 5.75 Å². The molecule has 14 heteroatoms. The van der Waals surface area contributed by atoms with Crippen molar-refractivity contribution in [2.24, 2.45) is 0 Å². The summed E-state index contributed by atoms with van der Waals surface area (Å²) in [5.41, 5.74) is 3.12. The summed E-state index contributed by atoms with van der Waals surface area (Å²) in [6, 6.07) is 10.7. The molecule has 2 aromatic carbocycles. The molecule has 1 N–H and O–H groups in total. The number of allylic oxidation sites excluding steroid dienone is 2. The molecule has 4 rings (SSSR count). The number of hydrogen-bond donors (Lipinski definition) is 1. The van der Waals surface area contributed by atoms with E-state index in [0.717, 1.165) is 16.8 Å². The second-order valence-electron chi connectivity index (χ2n) is 9.34. The summed E-state index contributed by atoms with van der Waals surface area (Å²) >= 11 is 10.2. The van der Waals surface area contributed by atoms with Crippen molar-refractivity contribution >= 4 is 67.5 Å². The average Bonchev–Trinajstić information content (AvgIpc) is 3.41. The van der Waals surface area contributed by atoms with Crippen LogP contribution in [0.4, 0.5) is 5.69 Å². The smallest absolute Gasteiger partial charge is 0.374 e. The van der Waals surface area contributed by atoms with Crippen molar-refractivity contribution < 1.29 is 39.6 Å². The van der Waals surface area contributed by atoms with Crippen LogP contribution in [0.3, 0.4) is 0 Å². The van der Waals surface area contributed by atoms with Crippen molar-refractivity contribution in [3.05, 3.63) is 69.9 Å². The van der Waals surface area contributed by atoms with E-state index >= 15 is 0 Å². The first kappa shape index (κ1) is 31.5. The first-order chi connectivity index (χ1) is 19.5. The highest BCUT2D eigenvalue weighted by molar-refractivity contribution is 7.85. The Balaban J connectivity index is 1.63. The molecule has 0 spiro atoms. The number of rotatable bonds is 14. The standard InChI is InChI=1S/C27H30Cl2N2O8S2/c1-2-19(15-26-30(11-3-5-13-37-40(32)33)22-17-20(28)7-9-24(22)38-26)16-27-31(12-4-6-14-41(34,35)36)23-18-21(29)8-10-25(23)39-27/h7-10,15-18H,2-6,11-14H2,1H3,(H-,32,33,34,35,36). The number of benzene rings is 2. The monoisotopic (exact) mass is 644 g/mol. The molecule has 0 radical (unpaired) electrons. The van der Waals surface area contributed by atoms with Crippen LogP contribution in [0.15, 0.2) is 58.3 Å². The lowest BCUT2D eigenvalue weighted by Crippen LogP contribution is -2.35. The predicted octanol–water partition coefficient (Wildman–Crippen LogP) is 5.82. The average molecular weight is 646 g/mol. The minimum atomic E-state index is -4.29. The first-order valence-electron chi connectivity index (χ1n) is 13.0. The van der Waals surface area contributed by atoms with Gasteiger partial charge in [0.25, 0.3) is 5.52 Å². The van der Waals surface area contributed by atoms with Crippen LogP contribution in [0.5, 0.6) is 5.75 Å². The van der Waals surface area contributed by atoms with Gasteiger partial charge in [-0.05, 0) is 61.6 Å². The Hall–Kier alpha value is -2.45. The summed E-state index contributed by atoms with van der Waals surface area (Å²) in [7, 11) is -4.29. The van der Waals surface area contributed by atoms with E-state index in [0.29, 0.717) is 71.9 Å². The number of anilines is 1. The molecule has 222 valence electrons. The second kappa shape index (κ2) is 14.1. The van der Waals surface area contributed by atoms with Gasteiger partial charge >= 0.3 is 17.3 Å². The third-order valence-corrected chi connectivity index (χ3v) is 8.02. The van der Waals surface area contributed by atoms with E-state index in [-0.39, 0.29) is 13.0 Å². The molecule has 41 heavy (non-hydrogen) atoms. The maximum atomic E-state index is 11.1. The second-order valence-corrected chi connectivity index (χ2v) is 12.4. The van der Waals surface area contributed by atoms with Gasteiger partial charge in [-0.1, -0.05) is 30.1 Å². The Kier molecular flexibility index (Phi) is 10.9. The molecule has 3 aromatic rings. The van der Waals surface area contributed by atoms with Crippen LogP contribution in [0.25, 0.3) is 17.2 Å². The number of hydrogen-bond acceptors (Lipinski definition) is 8. The van der Waals surface area contributed by atoms with Gasteiger partial charge in [-0.2, -0.15) is 8.78 Å². The first-order valence-corrected chi connectivity index (χ1v) is 16.4. The number of aryl methyl sites for hydroxylation is 1. The van der Waals surface area contributed by atoms with E-state index in [9.17, 15) is 17.2 Å². The zero-order chi connectivity index (χ0) is 29.6. The summed E-state index contributed by atoms with van der Waals surface area (Å²) in [4.78, 5) is 1.92. The van der Waals surface area contributed by atoms with Crippen LogP contribution < -0.4 is 14.2 Å². The topological polar surface area (TPSA) is 133 Å². The molecule has 1 aliphatic rings. The highest BCUT2D eigenvalue weighted by Gasteiger charge is 2.27. The zero-order valence-corrected chi connectivity index (χ0v) is 25.4. The summed E-state index contributed by atoms with van der Waals surface area (Å²) in [5.74, 6) is 1.32. The lowest BCUT2D eigenvalue weighted by atomic mass is 10.1. The molecule has 0 bridgehead atoms. The normalized spacial score (nSPS) is 15.5. The van der Waals surface area contributed by atoms with Crippen LogP contribution in [0.1, 0.15) is 44.9 Å². The van der Waals surface area contributed by atoms with Gasteiger partial charge in [0.05, 0.1) is 28.5 Å². The Morgan fingerprint density at radius 2 is 1.90 bits per heavy atom. The third-order valence-electron chi connectivity index (χ3n) is 6.40. The fourth-order valence-corrected chi connectivity index (χ4v) is 5.59. The highest BCUT2D eigenvalue weighted by Crippen LogP contribution is 2.41. The van der Waals surface area contributed by atoms with Crippen LogP contribution in [0.2, 0.25) is 10.0 Å². The van der Waals surface area contributed by atoms with Crippen LogP contribution in [-0.4, -0.2) is 40.6 Å². The van der Waals surface area contributed by atoms with Gasteiger partial charge in [-0.15, -0.1) is 0 Å². The molecular formula is C27H30Cl2N2O8S2. The number of oxazole rings is 1. The van der Waals surface area contributed by atoms with E-state index in [1.807, 2.05) is 34.6 Å². The molecule has 1 atom stereocenters. The maximum absolute atomic E-state index is 11.1. The number of ether oxygens (including phenoxy) is 1. The number of aromatic nitrogens is 1. The van der Waals surface area contributed by atoms with Gasteiger partial charge in [-0.3, -0.25) is 8.74 Å². The van der Waals surface area contributed by atoms with Crippen LogP contribution in [-0.2, 0) is 32.2 Å². The number of nitrogens with zero attached hydrogens (tertiary/aromatic N) is 2. The molecule has 10 nitrogen and oxygen atoms in total. The molecule has 0 aliphatic carbocycles. The highest BCUT2D eigenvalue weighted by atomic mass is 35.5.